The summed E-state index contributed by atoms with van der Waals surface area (Å²) in [5.41, 5.74) is -0.687. The highest BCUT2D eigenvalue weighted by Crippen LogP contribution is 2.35. The van der Waals surface area contributed by atoms with Crippen LogP contribution < -0.4 is 5.32 Å². The van der Waals surface area contributed by atoms with Gasteiger partial charge in [-0.05, 0) is 58.7 Å². The SMILES string of the molecule is CNC1(C(=O)O)CCC(N2CCC(N3CCCCC3)C2)C1. The van der Waals surface area contributed by atoms with Gasteiger partial charge in [0.1, 0.15) is 5.54 Å². The monoisotopic (exact) mass is 295 g/mol. The summed E-state index contributed by atoms with van der Waals surface area (Å²) < 4.78 is 0. The van der Waals surface area contributed by atoms with Crippen LogP contribution in [0.2, 0.25) is 0 Å². The van der Waals surface area contributed by atoms with E-state index in [0.717, 1.165) is 32.4 Å². The maximum absolute atomic E-state index is 11.5. The first-order valence-corrected chi connectivity index (χ1v) is 8.55. The Balaban J connectivity index is 1.56. The van der Waals surface area contributed by atoms with Crippen molar-refractivity contribution in [2.45, 2.75) is 62.6 Å². The van der Waals surface area contributed by atoms with Gasteiger partial charge >= 0.3 is 5.97 Å². The van der Waals surface area contributed by atoms with Gasteiger partial charge in [0.2, 0.25) is 0 Å². The average Bonchev–Trinajstić information content (AvgIpc) is 3.15. The van der Waals surface area contributed by atoms with Gasteiger partial charge in [0.25, 0.3) is 0 Å². The molecule has 0 aromatic heterocycles. The highest BCUT2D eigenvalue weighted by atomic mass is 16.4. The van der Waals surface area contributed by atoms with E-state index >= 15 is 0 Å². The number of hydrogen-bond donors (Lipinski definition) is 2. The summed E-state index contributed by atoms with van der Waals surface area (Å²) in [6.45, 7) is 4.81. The number of likely N-dealkylation sites (tertiary alicyclic amines) is 2. The Hall–Kier alpha value is -0.650. The normalized spacial score (nSPS) is 38.9. The molecule has 0 amide bonds. The first-order valence-electron chi connectivity index (χ1n) is 8.55. The molecule has 0 bridgehead atoms. The predicted octanol–water partition coefficient (Wildman–Crippen LogP) is 1.14. The van der Waals surface area contributed by atoms with Crippen molar-refractivity contribution in [2.24, 2.45) is 0 Å². The second-order valence-electron chi connectivity index (χ2n) is 7.07. The van der Waals surface area contributed by atoms with Crippen LogP contribution in [0, 0.1) is 0 Å². The Kier molecular flexibility index (Phi) is 4.52. The number of hydrogen-bond acceptors (Lipinski definition) is 4. The Morgan fingerprint density at radius 1 is 1.10 bits per heavy atom. The molecule has 3 aliphatic rings. The Labute approximate surface area is 127 Å². The molecule has 3 fully saturated rings. The first-order chi connectivity index (χ1) is 10.1. The lowest BCUT2D eigenvalue weighted by Crippen LogP contribution is -2.49. The largest absolute Gasteiger partial charge is 0.480 e. The van der Waals surface area contributed by atoms with Crippen LogP contribution in [0.5, 0.6) is 0 Å². The number of aliphatic carboxylic acids is 1. The zero-order valence-electron chi connectivity index (χ0n) is 13.2. The van der Waals surface area contributed by atoms with Crippen molar-refractivity contribution in [3.8, 4) is 0 Å². The molecule has 1 aliphatic carbocycles. The lowest BCUT2D eigenvalue weighted by atomic mass is 9.98. The van der Waals surface area contributed by atoms with E-state index in [9.17, 15) is 9.90 Å². The highest BCUT2D eigenvalue weighted by molar-refractivity contribution is 5.79. The molecule has 120 valence electrons. The highest BCUT2D eigenvalue weighted by Gasteiger charge is 2.47. The van der Waals surface area contributed by atoms with Crippen molar-refractivity contribution in [3.63, 3.8) is 0 Å². The number of likely N-dealkylation sites (N-methyl/N-ethyl adjacent to an activating group) is 1. The summed E-state index contributed by atoms with van der Waals surface area (Å²) >= 11 is 0. The third-order valence-electron chi connectivity index (χ3n) is 5.99. The first kappa shape index (κ1) is 15.3. The summed E-state index contributed by atoms with van der Waals surface area (Å²) in [4.78, 5) is 16.8. The van der Waals surface area contributed by atoms with Gasteiger partial charge < -0.3 is 10.4 Å². The van der Waals surface area contributed by atoms with Gasteiger partial charge in [0, 0.05) is 25.2 Å². The molecule has 5 nitrogen and oxygen atoms in total. The van der Waals surface area contributed by atoms with E-state index in [1.807, 2.05) is 0 Å². The predicted molar refractivity (Wildman–Crippen MR) is 82.5 cm³/mol. The molecule has 3 atom stereocenters. The van der Waals surface area contributed by atoms with Gasteiger partial charge in [0.05, 0.1) is 0 Å². The van der Waals surface area contributed by atoms with Gasteiger partial charge in [-0.2, -0.15) is 0 Å². The van der Waals surface area contributed by atoms with Crippen LogP contribution in [0.25, 0.3) is 0 Å². The third-order valence-corrected chi connectivity index (χ3v) is 5.99. The van der Waals surface area contributed by atoms with Crippen molar-refractivity contribution >= 4 is 5.97 Å². The summed E-state index contributed by atoms with van der Waals surface area (Å²) in [6, 6.07) is 1.16. The van der Waals surface area contributed by atoms with Crippen LogP contribution in [-0.4, -0.2) is 71.7 Å². The maximum Gasteiger partial charge on any atom is 0.323 e. The minimum atomic E-state index is -0.687. The molecule has 2 aliphatic heterocycles. The van der Waals surface area contributed by atoms with E-state index in [1.54, 1.807) is 7.05 Å². The van der Waals surface area contributed by atoms with E-state index in [4.69, 9.17) is 0 Å². The van der Waals surface area contributed by atoms with Crippen molar-refractivity contribution < 1.29 is 9.90 Å². The Morgan fingerprint density at radius 2 is 1.86 bits per heavy atom. The van der Waals surface area contributed by atoms with E-state index in [-0.39, 0.29) is 0 Å². The lowest BCUT2D eigenvalue weighted by molar-refractivity contribution is -0.144. The zero-order chi connectivity index (χ0) is 14.9. The summed E-state index contributed by atoms with van der Waals surface area (Å²) in [5, 5.41) is 12.6. The molecule has 1 saturated carbocycles. The molecule has 0 aromatic rings. The van der Waals surface area contributed by atoms with E-state index in [0.29, 0.717) is 12.1 Å². The van der Waals surface area contributed by atoms with Gasteiger partial charge in [-0.1, -0.05) is 6.42 Å². The Morgan fingerprint density at radius 3 is 2.48 bits per heavy atom. The standard InChI is InChI=1S/C16H29N3O2/c1-17-16(15(20)21)7-5-13(11-16)19-10-6-14(12-19)18-8-3-2-4-9-18/h13-14,17H,2-12H2,1H3,(H,20,21). The third kappa shape index (κ3) is 2.96. The second-order valence-corrected chi connectivity index (χ2v) is 7.07. The molecular formula is C16H29N3O2. The minimum absolute atomic E-state index is 0.448. The van der Waals surface area contributed by atoms with Crippen molar-refractivity contribution in [3.05, 3.63) is 0 Å². The number of piperidine rings is 1. The molecule has 2 N–H and O–H groups in total. The maximum atomic E-state index is 11.5. The number of nitrogens with one attached hydrogen (secondary N) is 1. The molecule has 5 heteroatoms. The summed E-state index contributed by atoms with van der Waals surface area (Å²) in [5.74, 6) is -0.681. The molecule has 2 saturated heterocycles. The quantitative estimate of drug-likeness (QED) is 0.814. The minimum Gasteiger partial charge on any atom is -0.480 e. The van der Waals surface area contributed by atoms with Crippen molar-refractivity contribution in [2.75, 3.05) is 33.2 Å². The molecule has 0 aromatic carbocycles. The van der Waals surface area contributed by atoms with Gasteiger partial charge in [-0.3, -0.25) is 14.6 Å². The summed E-state index contributed by atoms with van der Waals surface area (Å²) in [7, 11) is 1.79. The van der Waals surface area contributed by atoms with Gasteiger partial charge in [-0.15, -0.1) is 0 Å². The van der Waals surface area contributed by atoms with Gasteiger partial charge in [-0.25, -0.2) is 0 Å². The van der Waals surface area contributed by atoms with Crippen LogP contribution in [0.15, 0.2) is 0 Å². The summed E-state index contributed by atoms with van der Waals surface area (Å²) in [6.07, 6.45) is 7.87. The average molecular weight is 295 g/mol. The van der Waals surface area contributed by atoms with Crippen LogP contribution in [-0.2, 0) is 4.79 Å². The van der Waals surface area contributed by atoms with Crippen LogP contribution in [0.3, 0.4) is 0 Å². The number of carboxylic acid groups (broad SMARTS) is 1. The fourth-order valence-corrected chi connectivity index (χ4v) is 4.54. The van der Waals surface area contributed by atoms with Gasteiger partial charge in [0.15, 0.2) is 0 Å². The number of carbonyl (C=O) groups is 1. The molecule has 2 heterocycles. The van der Waals surface area contributed by atoms with Crippen molar-refractivity contribution in [1.29, 1.82) is 0 Å². The molecular weight excluding hydrogens is 266 g/mol. The van der Waals surface area contributed by atoms with Crippen LogP contribution in [0.4, 0.5) is 0 Å². The molecule has 0 radical (unpaired) electrons. The van der Waals surface area contributed by atoms with E-state index in [2.05, 4.69) is 15.1 Å². The number of nitrogens with zero attached hydrogens (tertiary/aromatic N) is 2. The van der Waals surface area contributed by atoms with E-state index < -0.39 is 11.5 Å². The zero-order valence-corrected chi connectivity index (χ0v) is 13.2. The molecule has 21 heavy (non-hydrogen) atoms. The fraction of sp³-hybridized carbons (Fsp3) is 0.938. The number of rotatable bonds is 4. The molecule has 3 unspecified atom stereocenters. The van der Waals surface area contributed by atoms with Crippen molar-refractivity contribution in [1.82, 2.24) is 15.1 Å². The van der Waals surface area contributed by atoms with E-state index in [1.165, 1.54) is 38.8 Å². The fourth-order valence-electron chi connectivity index (χ4n) is 4.54. The lowest BCUT2D eigenvalue weighted by Gasteiger charge is -2.33. The topological polar surface area (TPSA) is 55.8 Å². The Bertz CT molecular complexity index is 384. The molecule has 0 spiro atoms. The smallest absolute Gasteiger partial charge is 0.323 e. The number of carboxylic acids is 1. The van der Waals surface area contributed by atoms with Crippen LogP contribution >= 0.6 is 0 Å². The molecule has 3 rings (SSSR count). The van der Waals surface area contributed by atoms with Crippen LogP contribution in [0.1, 0.15) is 44.9 Å². The second kappa shape index (κ2) is 6.23.